The normalized spacial score (nSPS) is 12.4. The van der Waals surface area contributed by atoms with Crippen LogP contribution in [0, 0.1) is 18.6 Å². The average Bonchev–Trinajstić information content (AvgIpc) is 2.42. The maximum Gasteiger partial charge on any atom is 0.126 e. The summed E-state index contributed by atoms with van der Waals surface area (Å²) in [6, 6.07) is 8.98. The largest absolute Gasteiger partial charge is 0.306 e. The lowest BCUT2D eigenvalue weighted by Gasteiger charge is -2.20. The number of rotatable bonds is 5. The number of halogens is 3. The topological polar surface area (TPSA) is 12.0 Å². The van der Waals surface area contributed by atoms with Crippen LogP contribution in [0.1, 0.15) is 36.1 Å². The highest BCUT2D eigenvalue weighted by Gasteiger charge is 2.16. The average molecular weight is 310 g/mol. The zero-order valence-corrected chi connectivity index (χ0v) is 12.8. The fourth-order valence-electron chi connectivity index (χ4n) is 2.25. The summed E-state index contributed by atoms with van der Waals surface area (Å²) in [6.07, 6.45) is 0.924. The highest BCUT2D eigenvalue weighted by molar-refractivity contribution is 6.31. The van der Waals surface area contributed by atoms with Crippen molar-refractivity contribution in [1.82, 2.24) is 5.32 Å². The van der Waals surface area contributed by atoms with Gasteiger partial charge in [-0.3, -0.25) is 0 Å². The van der Waals surface area contributed by atoms with Gasteiger partial charge >= 0.3 is 0 Å². The molecule has 0 heterocycles. The van der Waals surface area contributed by atoms with Gasteiger partial charge < -0.3 is 5.32 Å². The molecule has 0 radical (unpaired) electrons. The van der Waals surface area contributed by atoms with E-state index in [4.69, 9.17) is 11.6 Å². The van der Waals surface area contributed by atoms with Crippen molar-refractivity contribution in [3.8, 4) is 0 Å². The summed E-state index contributed by atoms with van der Waals surface area (Å²) in [5, 5.41) is 3.96. The van der Waals surface area contributed by atoms with Gasteiger partial charge in [-0.15, -0.1) is 0 Å². The van der Waals surface area contributed by atoms with Crippen molar-refractivity contribution in [3.05, 3.63) is 69.7 Å². The molecule has 2 rings (SSSR count). The van der Waals surface area contributed by atoms with E-state index in [1.54, 1.807) is 0 Å². The molecule has 0 fully saturated rings. The first-order chi connectivity index (χ1) is 10.0. The van der Waals surface area contributed by atoms with Crippen molar-refractivity contribution in [2.24, 2.45) is 0 Å². The van der Waals surface area contributed by atoms with Gasteiger partial charge in [-0.1, -0.05) is 30.7 Å². The van der Waals surface area contributed by atoms with Crippen LogP contribution in [-0.2, 0) is 0 Å². The van der Waals surface area contributed by atoms with Crippen molar-refractivity contribution < 1.29 is 8.78 Å². The molecule has 0 spiro atoms. The molecule has 0 amide bonds. The summed E-state index contributed by atoms with van der Waals surface area (Å²) in [6.45, 7) is 4.70. The zero-order valence-electron chi connectivity index (χ0n) is 12.1. The Morgan fingerprint density at radius 1 is 1.05 bits per heavy atom. The van der Waals surface area contributed by atoms with Gasteiger partial charge in [0.15, 0.2) is 0 Å². The third-order valence-corrected chi connectivity index (χ3v) is 3.75. The van der Waals surface area contributed by atoms with Crippen LogP contribution >= 0.6 is 11.6 Å². The Hall–Kier alpha value is -1.45. The van der Waals surface area contributed by atoms with Crippen LogP contribution in [0.15, 0.2) is 36.4 Å². The second kappa shape index (κ2) is 7.01. The number of nitrogens with one attached hydrogen (secondary N) is 1. The fraction of sp³-hybridized carbons (Fsp3) is 0.294. The Kier molecular flexibility index (Phi) is 5.32. The van der Waals surface area contributed by atoms with Gasteiger partial charge in [0.25, 0.3) is 0 Å². The van der Waals surface area contributed by atoms with Crippen LogP contribution in [0.3, 0.4) is 0 Å². The Labute approximate surface area is 128 Å². The molecule has 0 aromatic heterocycles. The van der Waals surface area contributed by atoms with E-state index in [1.165, 1.54) is 12.1 Å². The monoisotopic (exact) mass is 309 g/mol. The molecule has 21 heavy (non-hydrogen) atoms. The molecule has 2 aromatic carbocycles. The van der Waals surface area contributed by atoms with Crippen LogP contribution in [-0.4, -0.2) is 6.54 Å². The molecule has 2 aromatic rings. The minimum absolute atomic E-state index is 0.284. The van der Waals surface area contributed by atoms with E-state index in [0.29, 0.717) is 10.6 Å². The van der Waals surface area contributed by atoms with E-state index >= 15 is 0 Å². The molecule has 0 saturated heterocycles. The Morgan fingerprint density at radius 2 is 1.71 bits per heavy atom. The summed E-state index contributed by atoms with van der Waals surface area (Å²) < 4.78 is 27.0. The maximum atomic E-state index is 13.5. The summed E-state index contributed by atoms with van der Waals surface area (Å²) in [4.78, 5) is 0. The summed E-state index contributed by atoms with van der Waals surface area (Å²) in [5.74, 6) is -1.15. The number of hydrogen-bond acceptors (Lipinski definition) is 1. The lowest BCUT2D eigenvalue weighted by atomic mass is 9.97. The number of benzene rings is 2. The molecule has 0 saturated carbocycles. The minimum Gasteiger partial charge on any atom is -0.306 e. The molecule has 1 unspecified atom stereocenters. The molecular weight excluding hydrogens is 292 g/mol. The highest BCUT2D eigenvalue weighted by Crippen LogP contribution is 2.27. The van der Waals surface area contributed by atoms with Crippen LogP contribution in [0.2, 0.25) is 5.02 Å². The fourth-order valence-corrected chi connectivity index (χ4v) is 2.44. The minimum atomic E-state index is -0.577. The van der Waals surface area contributed by atoms with Crippen molar-refractivity contribution >= 4 is 11.6 Å². The predicted octanol–water partition coefficient (Wildman–Crippen LogP) is 5.02. The molecule has 1 N–H and O–H groups in total. The predicted molar refractivity (Wildman–Crippen MR) is 82.7 cm³/mol. The third kappa shape index (κ3) is 4.02. The lowest BCUT2D eigenvalue weighted by Crippen LogP contribution is -2.23. The third-order valence-electron chi connectivity index (χ3n) is 3.35. The van der Waals surface area contributed by atoms with E-state index in [-0.39, 0.29) is 6.04 Å². The van der Waals surface area contributed by atoms with Gasteiger partial charge in [0.1, 0.15) is 11.6 Å². The first kappa shape index (κ1) is 15.9. The van der Waals surface area contributed by atoms with Gasteiger partial charge in [0.2, 0.25) is 0 Å². The van der Waals surface area contributed by atoms with E-state index in [1.807, 2.05) is 32.0 Å². The Balaban J connectivity index is 2.43. The van der Waals surface area contributed by atoms with E-state index in [2.05, 4.69) is 5.32 Å². The maximum absolute atomic E-state index is 13.5. The molecule has 4 heteroatoms. The molecule has 0 aliphatic heterocycles. The first-order valence-electron chi connectivity index (χ1n) is 6.96. The van der Waals surface area contributed by atoms with Gasteiger partial charge in [-0.2, -0.15) is 0 Å². The molecule has 0 aliphatic carbocycles. The second-order valence-corrected chi connectivity index (χ2v) is 5.51. The van der Waals surface area contributed by atoms with Gasteiger partial charge in [-0.25, -0.2) is 8.78 Å². The zero-order chi connectivity index (χ0) is 15.4. The number of aryl methyl sites for hydroxylation is 1. The molecule has 1 atom stereocenters. The second-order valence-electron chi connectivity index (χ2n) is 5.10. The van der Waals surface area contributed by atoms with Crippen LogP contribution in [0.25, 0.3) is 0 Å². The van der Waals surface area contributed by atoms with Crippen LogP contribution in [0.4, 0.5) is 8.78 Å². The Bertz CT molecular complexity index is 608. The number of hydrogen-bond donors (Lipinski definition) is 1. The van der Waals surface area contributed by atoms with Crippen molar-refractivity contribution in [3.63, 3.8) is 0 Å². The molecule has 112 valence electrons. The quantitative estimate of drug-likeness (QED) is 0.818. The van der Waals surface area contributed by atoms with Gasteiger partial charge in [-0.05, 0) is 54.8 Å². The first-order valence-corrected chi connectivity index (χ1v) is 7.34. The summed E-state index contributed by atoms with van der Waals surface area (Å²) in [5.41, 5.74) is 2.42. The molecule has 1 nitrogen and oxygen atoms in total. The highest BCUT2D eigenvalue weighted by atomic mass is 35.5. The summed E-state index contributed by atoms with van der Waals surface area (Å²) >= 11 is 6.17. The molecule has 0 bridgehead atoms. The van der Waals surface area contributed by atoms with E-state index in [0.717, 1.165) is 30.2 Å². The van der Waals surface area contributed by atoms with Crippen LogP contribution < -0.4 is 5.32 Å². The summed E-state index contributed by atoms with van der Waals surface area (Å²) in [7, 11) is 0. The lowest BCUT2D eigenvalue weighted by molar-refractivity contribution is 0.558. The van der Waals surface area contributed by atoms with Crippen molar-refractivity contribution in [1.29, 1.82) is 0 Å². The van der Waals surface area contributed by atoms with E-state index in [9.17, 15) is 8.78 Å². The van der Waals surface area contributed by atoms with Gasteiger partial charge in [0, 0.05) is 11.1 Å². The molecular formula is C17H18ClF2N. The van der Waals surface area contributed by atoms with Crippen LogP contribution in [0.5, 0.6) is 0 Å². The molecule has 0 aliphatic rings. The van der Waals surface area contributed by atoms with Crippen molar-refractivity contribution in [2.45, 2.75) is 26.3 Å². The smallest absolute Gasteiger partial charge is 0.126 e. The van der Waals surface area contributed by atoms with Crippen molar-refractivity contribution in [2.75, 3.05) is 6.54 Å². The van der Waals surface area contributed by atoms with E-state index < -0.39 is 11.6 Å². The standard InChI is InChI=1S/C17H18ClF2N/c1-3-6-21-17(12-5-4-11(2)16(18)9-12)13-7-14(19)10-15(20)8-13/h4-5,7-10,17,21H,3,6H2,1-2H3. The Morgan fingerprint density at radius 3 is 2.29 bits per heavy atom. The van der Waals surface area contributed by atoms with Gasteiger partial charge in [0.05, 0.1) is 6.04 Å². The SMILES string of the molecule is CCCNC(c1cc(F)cc(F)c1)c1ccc(C)c(Cl)c1.